The molecule has 0 unspecified atom stereocenters. The van der Waals surface area contributed by atoms with Gasteiger partial charge in [0.2, 0.25) is 0 Å². The van der Waals surface area contributed by atoms with E-state index in [2.05, 4.69) is 10.3 Å². The summed E-state index contributed by atoms with van der Waals surface area (Å²) in [4.78, 5) is 17.1. The second kappa shape index (κ2) is 8.61. The van der Waals surface area contributed by atoms with Gasteiger partial charge in [-0.05, 0) is 42.8 Å². The normalized spacial score (nSPS) is 10.8. The van der Waals surface area contributed by atoms with Gasteiger partial charge in [0.25, 0.3) is 5.91 Å². The molecule has 0 bridgehead atoms. The van der Waals surface area contributed by atoms with Crippen LogP contribution in [0.1, 0.15) is 27.4 Å². The molecule has 0 saturated heterocycles. The molecule has 5 nitrogen and oxygen atoms in total. The SMILES string of the molecule is Cc1oc2ccc(OCc3ccccc3)cc2c1C(=O)NCCc1ccccn1. The Kier molecular flexibility index (Phi) is 5.56. The summed E-state index contributed by atoms with van der Waals surface area (Å²) in [5.74, 6) is 1.14. The fourth-order valence-corrected chi connectivity index (χ4v) is 3.25. The van der Waals surface area contributed by atoms with Crippen molar-refractivity contribution in [3.63, 3.8) is 0 Å². The van der Waals surface area contributed by atoms with Crippen LogP contribution in [0.4, 0.5) is 0 Å². The van der Waals surface area contributed by atoms with Crippen molar-refractivity contribution in [1.29, 1.82) is 0 Å². The van der Waals surface area contributed by atoms with Crippen LogP contribution in [0.15, 0.2) is 77.3 Å². The summed E-state index contributed by atoms with van der Waals surface area (Å²) in [7, 11) is 0. The maximum Gasteiger partial charge on any atom is 0.255 e. The van der Waals surface area contributed by atoms with E-state index in [4.69, 9.17) is 9.15 Å². The van der Waals surface area contributed by atoms with Gasteiger partial charge >= 0.3 is 0 Å². The van der Waals surface area contributed by atoms with E-state index in [0.717, 1.165) is 16.6 Å². The van der Waals surface area contributed by atoms with E-state index in [1.54, 1.807) is 13.1 Å². The molecule has 0 radical (unpaired) electrons. The molecule has 2 aromatic heterocycles. The smallest absolute Gasteiger partial charge is 0.255 e. The lowest BCUT2D eigenvalue weighted by Gasteiger charge is -2.07. The number of pyridine rings is 1. The van der Waals surface area contributed by atoms with Gasteiger partial charge in [0.1, 0.15) is 23.7 Å². The highest BCUT2D eigenvalue weighted by Crippen LogP contribution is 2.29. The van der Waals surface area contributed by atoms with Crippen LogP contribution in [0.25, 0.3) is 11.0 Å². The fourth-order valence-electron chi connectivity index (χ4n) is 3.25. The number of rotatable bonds is 7. The van der Waals surface area contributed by atoms with Gasteiger partial charge in [0.05, 0.1) is 5.56 Å². The number of ether oxygens (including phenoxy) is 1. The molecule has 0 aliphatic rings. The molecule has 0 spiro atoms. The summed E-state index contributed by atoms with van der Waals surface area (Å²) in [6.07, 6.45) is 2.43. The standard InChI is InChI=1S/C24H22N2O3/c1-17-23(24(27)26-14-12-19-9-5-6-13-25-19)21-15-20(10-11-22(21)29-17)28-16-18-7-3-2-4-8-18/h2-11,13,15H,12,14,16H2,1H3,(H,26,27). The molecule has 0 saturated carbocycles. The topological polar surface area (TPSA) is 64.4 Å². The van der Waals surface area contributed by atoms with Crippen molar-refractivity contribution in [2.45, 2.75) is 20.0 Å². The largest absolute Gasteiger partial charge is 0.489 e. The first kappa shape index (κ1) is 18.7. The van der Waals surface area contributed by atoms with Crippen LogP contribution in [-0.4, -0.2) is 17.4 Å². The predicted octanol–water partition coefficient (Wildman–Crippen LogP) is 4.69. The Hall–Kier alpha value is -3.60. The molecule has 2 heterocycles. The third-order valence-corrected chi connectivity index (χ3v) is 4.70. The Bertz CT molecular complexity index is 1110. The van der Waals surface area contributed by atoms with Crippen LogP contribution in [0.3, 0.4) is 0 Å². The van der Waals surface area contributed by atoms with Crippen molar-refractivity contribution in [3.8, 4) is 5.75 Å². The second-order valence-electron chi connectivity index (χ2n) is 6.79. The van der Waals surface area contributed by atoms with E-state index in [-0.39, 0.29) is 5.91 Å². The minimum Gasteiger partial charge on any atom is -0.489 e. The minimum absolute atomic E-state index is 0.155. The maximum atomic E-state index is 12.8. The third kappa shape index (κ3) is 4.46. The third-order valence-electron chi connectivity index (χ3n) is 4.70. The van der Waals surface area contributed by atoms with Crippen LogP contribution in [0, 0.1) is 6.92 Å². The van der Waals surface area contributed by atoms with Gasteiger partial charge in [-0.25, -0.2) is 0 Å². The average molecular weight is 386 g/mol. The number of nitrogens with one attached hydrogen (secondary N) is 1. The zero-order valence-corrected chi connectivity index (χ0v) is 16.2. The number of fused-ring (bicyclic) bond motifs is 1. The fraction of sp³-hybridized carbons (Fsp3) is 0.167. The van der Waals surface area contributed by atoms with Gasteiger partial charge in [0, 0.05) is 30.2 Å². The molecule has 4 aromatic rings. The van der Waals surface area contributed by atoms with Crippen molar-refractivity contribution < 1.29 is 13.9 Å². The number of nitrogens with zero attached hydrogens (tertiary/aromatic N) is 1. The summed E-state index contributed by atoms with van der Waals surface area (Å²) in [6.45, 7) is 2.78. The molecule has 2 aromatic carbocycles. The summed E-state index contributed by atoms with van der Waals surface area (Å²) in [6, 6.07) is 21.3. The van der Waals surface area contributed by atoms with Gasteiger partial charge in [-0.3, -0.25) is 9.78 Å². The number of hydrogen-bond donors (Lipinski definition) is 1. The van der Waals surface area contributed by atoms with Gasteiger partial charge in [-0.15, -0.1) is 0 Å². The van der Waals surface area contributed by atoms with E-state index in [1.165, 1.54) is 0 Å². The first-order chi connectivity index (χ1) is 14.2. The molecule has 29 heavy (non-hydrogen) atoms. The van der Waals surface area contributed by atoms with E-state index >= 15 is 0 Å². The molecule has 146 valence electrons. The highest BCUT2D eigenvalue weighted by atomic mass is 16.5. The molecule has 1 N–H and O–H groups in total. The summed E-state index contributed by atoms with van der Waals surface area (Å²) >= 11 is 0. The quantitative estimate of drug-likeness (QED) is 0.501. The molecule has 0 atom stereocenters. The number of carbonyl (C=O) groups is 1. The number of aryl methyl sites for hydroxylation is 1. The zero-order chi connectivity index (χ0) is 20.1. The van der Waals surface area contributed by atoms with Crippen molar-refractivity contribution in [3.05, 3.63) is 95.5 Å². The molecule has 0 aliphatic heterocycles. The monoisotopic (exact) mass is 386 g/mol. The minimum atomic E-state index is -0.155. The average Bonchev–Trinajstić information content (AvgIpc) is 3.08. The first-order valence-corrected chi connectivity index (χ1v) is 9.59. The molecule has 0 aliphatic carbocycles. The Balaban J connectivity index is 1.47. The van der Waals surface area contributed by atoms with Crippen LogP contribution in [0.2, 0.25) is 0 Å². The Morgan fingerprint density at radius 2 is 1.90 bits per heavy atom. The van der Waals surface area contributed by atoms with Crippen LogP contribution < -0.4 is 10.1 Å². The number of amides is 1. The zero-order valence-electron chi connectivity index (χ0n) is 16.2. The molecule has 5 heteroatoms. The van der Waals surface area contributed by atoms with E-state index < -0.39 is 0 Å². The summed E-state index contributed by atoms with van der Waals surface area (Å²) < 4.78 is 11.7. The van der Waals surface area contributed by atoms with Crippen LogP contribution in [0.5, 0.6) is 5.75 Å². The van der Waals surface area contributed by atoms with E-state index in [1.807, 2.05) is 66.7 Å². The van der Waals surface area contributed by atoms with Gasteiger partial charge in [-0.2, -0.15) is 0 Å². The van der Waals surface area contributed by atoms with Crippen molar-refractivity contribution in [2.75, 3.05) is 6.54 Å². The highest BCUT2D eigenvalue weighted by molar-refractivity contribution is 6.07. The number of furan rings is 1. The highest BCUT2D eigenvalue weighted by Gasteiger charge is 2.18. The maximum absolute atomic E-state index is 12.8. The van der Waals surface area contributed by atoms with Crippen LogP contribution in [-0.2, 0) is 13.0 Å². The van der Waals surface area contributed by atoms with E-state index in [9.17, 15) is 4.79 Å². The molecular weight excluding hydrogens is 364 g/mol. The molecule has 0 fully saturated rings. The lowest BCUT2D eigenvalue weighted by Crippen LogP contribution is -2.26. The van der Waals surface area contributed by atoms with Gasteiger partial charge in [-0.1, -0.05) is 36.4 Å². The van der Waals surface area contributed by atoms with Crippen LogP contribution >= 0.6 is 0 Å². The van der Waals surface area contributed by atoms with E-state index in [0.29, 0.717) is 42.2 Å². The molecular formula is C24H22N2O3. The summed E-state index contributed by atoms with van der Waals surface area (Å²) in [5, 5.41) is 3.72. The number of aromatic nitrogens is 1. The molecule has 1 amide bonds. The van der Waals surface area contributed by atoms with Crippen molar-refractivity contribution in [1.82, 2.24) is 10.3 Å². The Morgan fingerprint density at radius 3 is 2.69 bits per heavy atom. The number of hydrogen-bond acceptors (Lipinski definition) is 4. The van der Waals surface area contributed by atoms with Crippen molar-refractivity contribution >= 4 is 16.9 Å². The van der Waals surface area contributed by atoms with Crippen molar-refractivity contribution in [2.24, 2.45) is 0 Å². The molecule has 4 rings (SSSR count). The Labute approximate surface area is 169 Å². The lowest BCUT2D eigenvalue weighted by molar-refractivity contribution is 0.0954. The Morgan fingerprint density at radius 1 is 1.07 bits per heavy atom. The summed E-state index contributed by atoms with van der Waals surface area (Å²) in [5.41, 5.74) is 3.25. The van der Waals surface area contributed by atoms with Gasteiger partial charge < -0.3 is 14.5 Å². The second-order valence-corrected chi connectivity index (χ2v) is 6.79. The number of benzene rings is 2. The number of carbonyl (C=O) groups excluding carboxylic acids is 1. The lowest BCUT2D eigenvalue weighted by atomic mass is 10.1. The first-order valence-electron chi connectivity index (χ1n) is 9.59. The van der Waals surface area contributed by atoms with Gasteiger partial charge in [0.15, 0.2) is 0 Å². The predicted molar refractivity (Wildman–Crippen MR) is 112 cm³/mol.